The Balaban J connectivity index is 2.26. The maximum Gasteiger partial charge on any atom is 0.0719 e. The molecule has 0 bridgehead atoms. The summed E-state index contributed by atoms with van der Waals surface area (Å²) in [5.41, 5.74) is 6.28. The molecular weight excluding hydrogens is 164 g/mol. The molecule has 0 saturated heterocycles. The number of nitrogens with two attached hydrogens (primary N) is 1. The number of rotatable bonds is 5. The van der Waals surface area contributed by atoms with Gasteiger partial charge in [-0.1, -0.05) is 6.92 Å². The molecule has 0 aliphatic heterocycles. The van der Waals surface area contributed by atoms with Gasteiger partial charge in [-0.2, -0.15) is 5.10 Å². The molecule has 13 heavy (non-hydrogen) atoms. The monoisotopic (exact) mass is 182 g/mol. The number of hydrogen-bond donors (Lipinski definition) is 1. The van der Waals surface area contributed by atoms with Gasteiger partial charge in [-0.3, -0.25) is 4.68 Å². The van der Waals surface area contributed by atoms with Crippen LogP contribution in [0.2, 0.25) is 0 Å². The summed E-state index contributed by atoms with van der Waals surface area (Å²) < 4.78 is 1.88. The van der Waals surface area contributed by atoms with Gasteiger partial charge in [0.15, 0.2) is 0 Å². The van der Waals surface area contributed by atoms with Crippen LogP contribution < -0.4 is 5.73 Å². The smallest absolute Gasteiger partial charge is 0.0719 e. The molecule has 0 unspecified atom stereocenters. The topological polar surface area (TPSA) is 47.1 Å². The Morgan fingerprint density at radius 1 is 1.54 bits per heavy atom. The van der Waals surface area contributed by atoms with E-state index in [1.807, 2.05) is 10.9 Å². The molecule has 4 heteroatoms. The number of aromatic nitrogens is 2. The molecule has 2 N–H and O–H groups in total. The van der Waals surface area contributed by atoms with Gasteiger partial charge in [-0.15, -0.1) is 0 Å². The zero-order valence-corrected chi connectivity index (χ0v) is 8.40. The van der Waals surface area contributed by atoms with Gasteiger partial charge in [0.2, 0.25) is 0 Å². The second kappa shape index (κ2) is 4.87. The predicted molar refractivity (Wildman–Crippen MR) is 54.4 cm³/mol. The average Bonchev–Trinajstić information content (AvgIpc) is 2.49. The van der Waals surface area contributed by atoms with Gasteiger partial charge in [0.1, 0.15) is 0 Å². The molecule has 0 aliphatic rings. The Labute approximate surface area is 79.3 Å². The Morgan fingerprint density at radius 2 is 2.31 bits per heavy atom. The second-order valence-electron chi connectivity index (χ2n) is 3.34. The van der Waals surface area contributed by atoms with Gasteiger partial charge >= 0.3 is 0 Å². The van der Waals surface area contributed by atoms with E-state index in [-0.39, 0.29) is 0 Å². The summed E-state index contributed by atoms with van der Waals surface area (Å²) in [5.74, 6) is 0. The van der Waals surface area contributed by atoms with Crippen molar-refractivity contribution in [3.8, 4) is 0 Å². The lowest BCUT2D eigenvalue weighted by molar-refractivity contribution is 0.313. The molecule has 1 heterocycles. The first-order valence-electron chi connectivity index (χ1n) is 4.69. The first-order chi connectivity index (χ1) is 6.22. The van der Waals surface area contributed by atoms with Crippen molar-refractivity contribution in [1.29, 1.82) is 0 Å². The van der Waals surface area contributed by atoms with Gasteiger partial charge in [0.05, 0.1) is 18.4 Å². The third-order valence-corrected chi connectivity index (χ3v) is 1.97. The number of likely N-dealkylation sites (N-methyl/N-ethyl adjacent to an activating group) is 1. The Bertz CT molecular complexity index is 244. The van der Waals surface area contributed by atoms with Crippen LogP contribution in [0.25, 0.3) is 0 Å². The first kappa shape index (κ1) is 10.1. The number of nitrogens with zero attached hydrogens (tertiary/aromatic N) is 3. The van der Waals surface area contributed by atoms with E-state index >= 15 is 0 Å². The lowest BCUT2D eigenvalue weighted by atomic mass is 10.4. The van der Waals surface area contributed by atoms with E-state index in [1.54, 1.807) is 6.20 Å². The van der Waals surface area contributed by atoms with Crippen LogP contribution >= 0.6 is 0 Å². The van der Waals surface area contributed by atoms with Crippen molar-refractivity contribution < 1.29 is 0 Å². The van der Waals surface area contributed by atoms with Crippen molar-refractivity contribution >= 4 is 5.69 Å². The molecule has 4 nitrogen and oxygen atoms in total. The molecule has 1 aromatic heterocycles. The van der Waals surface area contributed by atoms with Gasteiger partial charge in [0, 0.05) is 12.7 Å². The summed E-state index contributed by atoms with van der Waals surface area (Å²) in [7, 11) is 2.12. The van der Waals surface area contributed by atoms with Crippen molar-refractivity contribution in [3.05, 3.63) is 12.4 Å². The maximum atomic E-state index is 5.55. The van der Waals surface area contributed by atoms with E-state index in [0.717, 1.165) is 25.3 Å². The highest BCUT2D eigenvalue weighted by molar-refractivity contribution is 5.30. The van der Waals surface area contributed by atoms with E-state index in [4.69, 9.17) is 5.73 Å². The number of nitrogen functional groups attached to an aromatic ring is 1. The molecule has 1 aromatic rings. The van der Waals surface area contributed by atoms with Crippen molar-refractivity contribution in [1.82, 2.24) is 14.7 Å². The van der Waals surface area contributed by atoms with E-state index in [9.17, 15) is 0 Å². The van der Waals surface area contributed by atoms with E-state index in [1.165, 1.54) is 6.42 Å². The van der Waals surface area contributed by atoms with Crippen LogP contribution in [0.5, 0.6) is 0 Å². The molecule has 0 amide bonds. The van der Waals surface area contributed by atoms with Crippen molar-refractivity contribution in [3.63, 3.8) is 0 Å². The summed E-state index contributed by atoms with van der Waals surface area (Å²) in [6, 6.07) is 0. The van der Waals surface area contributed by atoms with Crippen LogP contribution in [0, 0.1) is 0 Å². The fraction of sp³-hybridized carbons (Fsp3) is 0.667. The van der Waals surface area contributed by atoms with Crippen LogP contribution in [-0.2, 0) is 6.54 Å². The largest absolute Gasteiger partial charge is 0.396 e. The molecule has 0 spiro atoms. The summed E-state index contributed by atoms with van der Waals surface area (Å²) in [4.78, 5) is 2.29. The molecule has 0 aliphatic carbocycles. The minimum atomic E-state index is 0.734. The fourth-order valence-electron chi connectivity index (χ4n) is 1.27. The lowest BCUT2D eigenvalue weighted by Gasteiger charge is -2.14. The Kier molecular flexibility index (Phi) is 3.76. The highest BCUT2D eigenvalue weighted by Gasteiger charge is 1.98. The van der Waals surface area contributed by atoms with Crippen LogP contribution in [0.4, 0.5) is 5.69 Å². The van der Waals surface area contributed by atoms with E-state index in [0.29, 0.717) is 0 Å². The SMILES string of the molecule is CCCN(C)CCn1cc(N)cn1. The second-order valence-corrected chi connectivity index (χ2v) is 3.34. The molecule has 1 rings (SSSR count). The number of anilines is 1. The Morgan fingerprint density at radius 3 is 2.85 bits per heavy atom. The Hall–Kier alpha value is -1.03. The zero-order chi connectivity index (χ0) is 9.68. The molecule has 74 valence electrons. The van der Waals surface area contributed by atoms with Gasteiger partial charge < -0.3 is 10.6 Å². The molecule has 0 radical (unpaired) electrons. The average molecular weight is 182 g/mol. The van der Waals surface area contributed by atoms with Gasteiger partial charge in [-0.25, -0.2) is 0 Å². The predicted octanol–water partition coefficient (Wildman–Crippen LogP) is 0.807. The molecule has 0 aromatic carbocycles. The van der Waals surface area contributed by atoms with Crippen LogP contribution in [-0.4, -0.2) is 34.8 Å². The fourth-order valence-corrected chi connectivity index (χ4v) is 1.27. The minimum absolute atomic E-state index is 0.734. The summed E-state index contributed by atoms with van der Waals surface area (Å²) in [5, 5.41) is 4.11. The van der Waals surface area contributed by atoms with Crippen LogP contribution in [0.15, 0.2) is 12.4 Å². The van der Waals surface area contributed by atoms with E-state index < -0.39 is 0 Å². The van der Waals surface area contributed by atoms with Crippen LogP contribution in [0.3, 0.4) is 0 Å². The molecule has 0 atom stereocenters. The summed E-state index contributed by atoms with van der Waals surface area (Å²) in [6.45, 7) is 5.25. The molecular formula is C9H18N4. The normalized spacial score (nSPS) is 11.0. The molecule has 0 saturated carbocycles. The first-order valence-corrected chi connectivity index (χ1v) is 4.69. The van der Waals surface area contributed by atoms with Crippen LogP contribution in [0.1, 0.15) is 13.3 Å². The summed E-state index contributed by atoms with van der Waals surface area (Å²) in [6.07, 6.45) is 4.73. The van der Waals surface area contributed by atoms with Crippen molar-refractivity contribution in [2.45, 2.75) is 19.9 Å². The third-order valence-electron chi connectivity index (χ3n) is 1.97. The highest BCUT2D eigenvalue weighted by Crippen LogP contribution is 1.97. The van der Waals surface area contributed by atoms with E-state index in [2.05, 4.69) is 24.0 Å². The zero-order valence-electron chi connectivity index (χ0n) is 8.40. The standard InChI is InChI=1S/C9H18N4/c1-3-4-12(2)5-6-13-8-9(10)7-11-13/h7-8H,3-6,10H2,1-2H3. The minimum Gasteiger partial charge on any atom is -0.396 e. The molecule has 0 fully saturated rings. The quantitative estimate of drug-likeness (QED) is 0.733. The maximum absolute atomic E-state index is 5.55. The van der Waals surface area contributed by atoms with Crippen molar-refractivity contribution in [2.24, 2.45) is 0 Å². The van der Waals surface area contributed by atoms with Gasteiger partial charge in [0.25, 0.3) is 0 Å². The summed E-state index contributed by atoms with van der Waals surface area (Å²) >= 11 is 0. The third kappa shape index (κ3) is 3.46. The van der Waals surface area contributed by atoms with Crippen molar-refractivity contribution in [2.75, 3.05) is 25.9 Å². The van der Waals surface area contributed by atoms with Gasteiger partial charge in [-0.05, 0) is 20.0 Å². The number of hydrogen-bond acceptors (Lipinski definition) is 3. The lowest BCUT2D eigenvalue weighted by Crippen LogP contribution is -2.24. The highest BCUT2D eigenvalue weighted by atomic mass is 15.3.